The van der Waals surface area contributed by atoms with Crippen LogP contribution in [0.25, 0.3) is 11.0 Å². The second-order valence-electron chi connectivity index (χ2n) is 7.39. The zero-order chi connectivity index (χ0) is 19.5. The molecule has 1 atom stereocenters. The summed E-state index contributed by atoms with van der Waals surface area (Å²) in [5.41, 5.74) is 1.63. The normalized spacial score (nSPS) is 16.8. The van der Waals surface area contributed by atoms with Crippen LogP contribution in [0.5, 0.6) is 0 Å². The van der Waals surface area contributed by atoms with Gasteiger partial charge in [-0.15, -0.1) is 11.3 Å². The molecule has 28 heavy (non-hydrogen) atoms. The van der Waals surface area contributed by atoms with E-state index in [1.165, 1.54) is 30.6 Å². The average Bonchev–Trinajstić information content (AvgIpc) is 3.23. The molecule has 3 aromatic rings. The number of thiophene rings is 1. The van der Waals surface area contributed by atoms with E-state index in [4.69, 9.17) is 4.42 Å². The molecule has 0 aliphatic carbocycles. The highest BCUT2D eigenvalue weighted by Crippen LogP contribution is 2.29. The van der Waals surface area contributed by atoms with E-state index in [1.807, 2.05) is 25.1 Å². The summed E-state index contributed by atoms with van der Waals surface area (Å²) >= 11 is 5.25. The van der Waals surface area contributed by atoms with Gasteiger partial charge in [0.25, 0.3) is 5.91 Å². The summed E-state index contributed by atoms with van der Waals surface area (Å²) in [4.78, 5) is 16.8. The summed E-state index contributed by atoms with van der Waals surface area (Å²) < 4.78 is 6.84. The Bertz CT molecular complexity index is 943. The van der Waals surface area contributed by atoms with Crippen LogP contribution in [-0.4, -0.2) is 30.4 Å². The molecule has 1 fully saturated rings. The lowest BCUT2D eigenvalue weighted by molar-refractivity contribution is 0.0907. The Morgan fingerprint density at radius 3 is 2.75 bits per heavy atom. The van der Waals surface area contributed by atoms with Crippen LogP contribution in [-0.2, 0) is 0 Å². The van der Waals surface area contributed by atoms with Gasteiger partial charge in [0.05, 0.1) is 6.04 Å². The molecule has 0 radical (unpaired) electrons. The largest absolute Gasteiger partial charge is 0.451 e. The first-order valence-corrected chi connectivity index (χ1v) is 11.5. The van der Waals surface area contributed by atoms with Gasteiger partial charge in [-0.05, 0) is 62.5 Å². The number of amides is 1. The number of fused-ring (bicyclic) bond motifs is 1. The van der Waals surface area contributed by atoms with Crippen LogP contribution < -0.4 is 5.32 Å². The van der Waals surface area contributed by atoms with Crippen molar-refractivity contribution in [1.82, 2.24) is 10.2 Å². The fraction of sp³-hybridized carbons (Fsp3) is 0.409. The maximum Gasteiger partial charge on any atom is 0.287 e. The van der Waals surface area contributed by atoms with Crippen molar-refractivity contribution in [2.75, 3.05) is 19.6 Å². The van der Waals surface area contributed by atoms with Crippen molar-refractivity contribution in [3.63, 3.8) is 0 Å². The molecule has 1 saturated heterocycles. The highest BCUT2D eigenvalue weighted by molar-refractivity contribution is 9.10. The number of hydrogen-bond acceptors (Lipinski definition) is 4. The zero-order valence-electron chi connectivity index (χ0n) is 16.0. The summed E-state index contributed by atoms with van der Waals surface area (Å²) in [5, 5.41) is 6.23. The Morgan fingerprint density at radius 2 is 2.04 bits per heavy atom. The molecule has 1 amide bonds. The molecule has 1 aromatic carbocycles. The summed E-state index contributed by atoms with van der Waals surface area (Å²) in [6.07, 6.45) is 5.06. The number of rotatable bonds is 5. The van der Waals surface area contributed by atoms with Crippen LogP contribution in [0, 0.1) is 6.92 Å². The standard InChI is InChI=1S/C22H25BrN2O2S/c1-15-17-13-16(23)8-9-19(17)27-21(15)22(26)24-14-18(20-7-6-12-28-20)25-10-4-2-3-5-11-25/h6-9,12-13,18H,2-5,10-11,14H2,1H3,(H,24,26). The number of carbonyl (C=O) groups excluding carboxylic acids is 1. The minimum Gasteiger partial charge on any atom is -0.451 e. The number of halogens is 1. The topological polar surface area (TPSA) is 45.5 Å². The first-order valence-electron chi connectivity index (χ1n) is 9.88. The Morgan fingerprint density at radius 1 is 1.25 bits per heavy atom. The Balaban J connectivity index is 1.52. The highest BCUT2D eigenvalue weighted by Gasteiger charge is 2.24. The lowest BCUT2D eigenvalue weighted by Crippen LogP contribution is -2.38. The van der Waals surface area contributed by atoms with Gasteiger partial charge in [0, 0.05) is 26.8 Å². The maximum atomic E-state index is 12.9. The van der Waals surface area contributed by atoms with Gasteiger partial charge in [-0.2, -0.15) is 0 Å². The van der Waals surface area contributed by atoms with Gasteiger partial charge < -0.3 is 9.73 Å². The molecule has 1 unspecified atom stereocenters. The number of likely N-dealkylation sites (tertiary alicyclic amines) is 1. The van der Waals surface area contributed by atoms with Crippen molar-refractivity contribution in [3.8, 4) is 0 Å². The predicted molar refractivity (Wildman–Crippen MR) is 118 cm³/mol. The molecule has 0 spiro atoms. The fourth-order valence-corrected chi connectivity index (χ4v) is 5.20. The van der Waals surface area contributed by atoms with Crippen molar-refractivity contribution >= 4 is 44.1 Å². The number of furan rings is 1. The molecular weight excluding hydrogens is 436 g/mol. The zero-order valence-corrected chi connectivity index (χ0v) is 18.4. The third-order valence-corrected chi connectivity index (χ3v) is 6.98. The molecule has 148 valence electrons. The van der Waals surface area contributed by atoms with E-state index >= 15 is 0 Å². The molecule has 6 heteroatoms. The second-order valence-corrected chi connectivity index (χ2v) is 9.28. The van der Waals surface area contributed by atoms with Gasteiger partial charge >= 0.3 is 0 Å². The van der Waals surface area contributed by atoms with E-state index in [9.17, 15) is 4.79 Å². The van der Waals surface area contributed by atoms with E-state index in [-0.39, 0.29) is 11.9 Å². The summed E-state index contributed by atoms with van der Waals surface area (Å²) in [6.45, 7) is 4.73. The van der Waals surface area contributed by atoms with Gasteiger partial charge in [-0.25, -0.2) is 0 Å². The van der Waals surface area contributed by atoms with Crippen LogP contribution in [0.3, 0.4) is 0 Å². The van der Waals surface area contributed by atoms with E-state index in [0.717, 1.165) is 34.1 Å². The van der Waals surface area contributed by atoms with Gasteiger partial charge in [0.15, 0.2) is 5.76 Å². The van der Waals surface area contributed by atoms with Crippen molar-refractivity contribution in [3.05, 3.63) is 56.4 Å². The quantitative estimate of drug-likeness (QED) is 0.514. The monoisotopic (exact) mass is 460 g/mol. The molecule has 1 aliphatic rings. The summed E-state index contributed by atoms with van der Waals surface area (Å²) in [5.74, 6) is 0.273. The SMILES string of the molecule is Cc1c(C(=O)NCC(c2cccs2)N2CCCCCC2)oc2ccc(Br)cc12. The highest BCUT2D eigenvalue weighted by atomic mass is 79.9. The van der Waals surface area contributed by atoms with Crippen LogP contribution in [0.15, 0.2) is 44.6 Å². The fourth-order valence-electron chi connectivity index (χ4n) is 3.98. The third-order valence-electron chi connectivity index (χ3n) is 5.51. The minimum absolute atomic E-state index is 0.138. The Labute approximate surface area is 178 Å². The van der Waals surface area contributed by atoms with Gasteiger partial charge in [0.2, 0.25) is 0 Å². The van der Waals surface area contributed by atoms with Crippen LogP contribution >= 0.6 is 27.3 Å². The summed E-state index contributed by atoms with van der Waals surface area (Å²) in [6, 6.07) is 10.3. The molecule has 1 N–H and O–H groups in total. The van der Waals surface area contributed by atoms with Crippen LogP contribution in [0.1, 0.15) is 52.7 Å². The number of carbonyl (C=O) groups is 1. The van der Waals surface area contributed by atoms with Crippen molar-refractivity contribution in [2.45, 2.75) is 38.6 Å². The predicted octanol–water partition coefficient (Wildman–Crippen LogP) is 5.91. The third kappa shape index (κ3) is 4.19. The van der Waals surface area contributed by atoms with E-state index in [0.29, 0.717) is 12.3 Å². The molecule has 0 saturated carbocycles. The maximum absolute atomic E-state index is 12.9. The van der Waals surface area contributed by atoms with Crippen LogP contribution in [0.4, 0.5) is 0 Å². The van der Waals surface area contributed by atoms with E-state index < -0.39 is 0 Å². The minimum atomic E-state index is -0.138. The number of nitrogens with one attached hydrogen (secondary N) is 1. The number of hydrogen-bond donors (Lipinski definition) is 1. The van der Waals surface area contributed by atoms with Gasteiger partial charge in [-0.1, -0.05) is 34.8 Å². The van der Waals surface area contributed by atoms with Crippen molar-refractivity contribution in [2.24, 2.45) is 0 Å². The lowest BCUT2D eigenvalue weighted by Gasteiger charge is -2.30. The smallest absolute Gasteiger partial charge is 0.287 e. The molecule has 0 bridgehead atoms. The second kappa shape index (κ2) is 8.80. The first-order chi connectivity index (χ1) is 13.6. The van der Waals surface area contributed by atoms with Crippen molar-refractivity contribution < 1.29 is 9.21 Å². The average molecular weight is 461 g/mol. The number of aryl methyl sites for hydroxylation is 1. The van der Waals surface area contributed by atoms with Gasteiger partial charge in [-0.3, -0.25) is 9.69 Å². The lowest BCUT2D eigenvalue weighted by atomic mass is 10.1. The van der Waals surface area contributed by atoms with Crippen molar-refractivity contribution in [1.29, 1.82) is 0 Å². The molecule has 4 rings (SSSR count). The molecular formula is C22H25BrN2O2S. The van der Waals surface area contributed by atoms with E-state index in [1.54, 1.807) is 11.3 Å². The molecule has 3 heterocycles. The Kier molecular flexibility index (Phi) is 6.19. The van der Waals surface area contributed by atoms with E-state index in [2.05, 4.69) is 43.7 Å². The molecule has 2 aromatic heterocycles. The number of benzene rings is 1. The first kappa shape index (κ1) is 19.7. The van der Waals surface area contributed by atoms with Crippen LogP contribution in [0.2, 0.25) is 0 Å². The molecule has 4 nitrogen and oxygen atoms in total. The number of nitrogens with zero attached hydrogens (tertiary/aromatic N) is 1. The Hall–Kier alpha value is -1.63. The summed E-state index contributed by atoms with van der Waals surface area (Å²) in [7, 11) is 0. The van der Waals surface area contributed by atoms with Gasteiger partial charge in [0.1, 0.15) is 5.58 Å². The molecule has 1 aliphatic heterocycles.